The Bertz CT molecular complexity index is 538. The molecular weight excluding hydrogens is 296 g/mol. The lowest BCUT2D eigenvalue weighted by Crippen LogP contribution is -2.44. The normalized spacial score (nSPS) is 16.2. The number of rotatable bonds is 3. The highest BCUT2D eigenvalue weighted by molar-refractivity contribution is 7.14. The molecule has 0 N–H and O–H groups in total. The summed E-state index contributed by atoms with van der Waals surface area (Å²) in [5, 5.41) is 0. The molecule has 4 nitrogen and oxygen atoms in total. The van der Waals surface area contributed by atoms with Crippen LogP contribution in [0, 0.1) is 19.8 Å². The number of carbonyl (C=O) groups excluding carboxylic acids is 2. The van der Waals surface area contributed by atoms with Gasteiger partial charge in [-0.25, -0.2) is 0 Å². The van der Waals surface area contributed by atoms with Crippen LogP contribution in [0.3, 0.4) is 0 Å². The molecule has 22 heavy (non-hydrogen) atoms. The van der Waals surface area contributed by atoms with Crippen LogP contribution >= 0.6 is 11.3 Å². The number of thiophene rings is 1. The van der Waals surface area contributed by atoms with Crippen molar-refractivity contribution in [3.05, 3.63) is 21.4 Å². The van der Waals surface area contributed by atoms with Crippen LogP contribution in [0.25, 0.3) is 0 Å². The molecule has 5 heteroatoms. The average Bonchev–Trinajstić information content (AvgIpc) is 2.84. The molecule has 0 saturated carbocycles. The summed E-state index contributed by atoms with van der Waals surface area (Å²) in [6, 6.07) is 2.20. The SMILES string of the molecule is Cc1cc(C(=O)N2CCC(C(=O)N(C)C(C)C)CC2)sc1C. The summed E-state index contributed by atoms with van der Waals surface area (Å²) < 4.78 is 0. The maximum Gasteiger partial charge on any atom is 0.263 e. The van der Waals surface area contributed by atoms with Crippen LogP contribution in [-0.2, 0) is 4.79 Å². The van der Waals surface area contributed by atoms with Gasteiger partial charge in [-0.2, -0.15) is 0 Å². The number of nitrogens with zero attached hydrogens (tertiary/aromatic N) is 2. The van der Waals surface area contributed by atoms with Gasteiger partial charge in [0, 0.05) is 37.0 Å². The molecule has 1 aliphatic rings. The Labute approximate surface area is 137 Å². The van der Waals surface area contributed by atoms with E-state index in [1.807, 2.05) is 50.6 Å². The van der Waals surface area contributed by atoms with Gasteiger partial charge in [0.25, 0.3) is 5.91 Å². The van der Waals surface area contributed by atoms with Gasteiger partial charge in [0.15, 0.2) is 0 Å². The highest BCUT2D eigenvalue weighted by atomic mass is 32.1. The zero-order valence-electron chi connectivity index (χ0n) is 14.2. The Hall–Kier alpha value is -1.36. The summed E-state index contributed by atoms with van der Waals surface area (Å²) in [6.07, 6.45) is 1.54. The van der Waals surface area contributed by atoms with Crippen molar-refractivity contribution in [3.63, 3.8) is 0 Å². The fourth-order valence-electron chi connectivity index (χ4n) is 2.71. The van der Waals surface area contributed by atoms with Gasteiger partial charge in [0.2, 0.25) is 5.91 Å². The van der Waals surface area contributed by atoms with Crippen molar-refractivity contribution in [1.82, 2.24) is 9.80 Å². The molecule has 1 fully saturated rings. The lowest BCUT2D eigenvalue weighted by Gasteiger charge is -2.34. The number of hydrogen-bond acceptors (Lipinski definition) is 3. The first-order valence-corrected chi connectivity index (χ1v) is 8.76. The molecule has 0 bridgehead atoms. The van der Waals surface area contributed by atoms with Crippen LogP contribution < -0.4 is 0 Å². The highest BCUT2D eigenvalue weighted by Crippen LogP contribution is 2.25. The molecule has 0 aliphatic carbocycles. The van der Waals surface area contributed by atoms with Crippen molar-refractivity contribution in [3.8, 4) is 0 Å². The van der Waals surface area contributed by atoms with Crippen LogP contribution in [0.1, 0.15) is 46.8 Å². The number of carbonyl (C=O) groups is 2. The second-order valence-electron chi connectivity index (χ2n) is 6.46. The molecular formula is C17H26N2O2S. The lowest BCUT2D eigenvalue weighted by molar-refractivity contribution is -0.137. The fraction of sp³-hybridized carbons (Fsp3) is 0.647. The Balaban J connectivity index is 1.94. The predicted molar refractivity (Wildman–Crippen MR) is 90.3 cm³/mol. The van der Waals surface area contributed by atoms with E-state index >= 15 is 0 Å². The van der Waals surface area contributed by atoms with E-state index in [4.69, 9.17) is 0 Å². The lowest BCUT2D eigenvalue weighted by atomic mass is 9.95. The average molecular weight is 322 g/mol. The molecule has 1 aromatic rings. The fourth-order valence-corrected chi connectivity index (χ4v) is 3.71. The first-order valence-electron chi connectivity index (χ1n) is 7.94. The predicted octanol–water partition coefficient (Wildman–Crippen LogP) is 3.08. The Morgan fingerprint density at radius 3 is 2.32 bits per heavy atom. The number of piperidine rings is 1. The topological polar surface area (TPSA) is 40.6 Å². The van der Waals surface area contributed by atoms with Gasteiger partial charge in [0.1, 0.15) is 0 Å². The van der Waals surface area contributed by atoms with Crippen molar-refractivity contribution in [2.75, 3.05) is 20.1 Å². The molecule has 2 rings (SSSR count). The number of likely N-dealkylation sites (tertiary alicyclic amines) is 1. The third kappa shape index (κ3) is 3.51. The van der Waals surface area contributed by atoms with Gasteiger partial charge < -0.3 is 9.80 Å². The van der Waals surface area contributed by atoms with E-state index in [1.165, 1.54) is 10.4 Å². The standard InChI is InChI=1S/C17H26N2O2S/c1-11(2)18(5)16(20)14-6-8-19(9-7-14)17(21)15-10-12(3)13(4)22-15/h10-11,14H,6-9H2,1-5H3. The van der Waals surface area contributed by atoms with Gasteiger partial charge in [0.05, 0.1) is 4.88 Å². The molecule has 1 aliphatic heterocycles. The third-order valence-electron chi connectivity index (χ3n) is 4.63. The summed E-state index contributed by atoms with van der Waals surface area (Å²) in [6.45, 7) is 9.49. The van der Waals surface area contributed by atoms with Crippen LogP contribution in [0.4, 0.5) is 0 Å². The summed E-state index contributed by atoms with van der Waals surface area (Å²) in [5.41, 5.74) is 1.18. The van der Waals surface area contributed by atoms with Crippen molar-refractivity contribution < 1.29 is 9.59 Å². The minimum Gasteiger partial charge on any atom is -0.343 e. The van der Waals surface area contributed by atoms with Crippen LogP contribution in [0.5, 0.6) is 0 Å². The van der Waals surface area contributed by atoms with Crippen LogP contribution in [-0.4, -0.2) is 47.8 Å². The van der Waals surface area contributed by atoms with Crippen molar-refractivity contribution in [2.45, 2.75) is 46.6 Å². The van der Waals surface area contributed by atoms with Gasteiger partial charge >= 0.3 is 0 Å². The zero-order valence-corrected chi connectivity index (χ0v) is 15.0. The molecule has 1 saturated heterocycles. The van der Waals surface area contributed by atoms with Crippen molar-refractivity contribution in [2.24, 2.45) is 5.92 Å². The van der Waals surface area contributed by atoms with E-state index < -0.39 is 0 Å². The van der Waals surface area contributed by atoms with Crippen LogP contribution in [0.15, 0.2) is 6.07 Å². The zero-order chi connectivity index (χ0) is 16.4. The quantitative estimate of drug-likeness (QED) is 0.858. The summed E-state index contributed by atoms with van der Waals surface area (Å²) in [4.78, 5) is 30.6. The van der Waals surface area contributed by atoms with Gasteiger partial charge in [-0.3, -0.25) is 9.59 Å². The van der Waals surface area contributed by atoms with Crippen molar-refractivity contribution in [1.29, 1.82) is 0 Å². The molecule has 0 radical (unpaired) electrons. The van der Waals surface area contributed by atoms with E-state index in [-0.39, 0.29) is 23.8 Å². The molecule has 1 aromatic heterocycles. The van der Waals surface area contributed by atoms with Crippen molar-refractivity contribution >= 4 is 23.2 Å². The Morgan fingerprint density at radius 1 is 1.27 bits per heavy atom. The molecule has 2 heterocycles. The van der Waals surface area contributed by atoms with E-state index in [2.05, 4.69) is 0 Å². The summed E-state index contributed by atoms with van der Waals surface area (Å²) in [7, 11) is 1.86. The second-order valence-corrected chi connectivity index (χ2v) is 7.72. The number of hydrogen-bond donors (Lipinski definition) is 0. The molecule has 122 valence electrons. The second kappa shape index (κ2) is 6.82. The molecule has 2 amide bonds. The van der Waals surface area contributed by atoms with Gasteiger partial charge in [-0.1, -0.05) is 0 Å². The highest BCUT2D eigenvalue weighted by Gasteiger charge is 2.30. The smallest absolute Gasteiger partial charge is 0.263 e. The Kier molecular flexibility index (Phi) is 5.27. The van der Waals surface area contributed by atoms with E-state index in [9.17, 15) is 9.59 Å². The van der Waals surface area contributed by atoms with Gasteiger partial charge in [-0.05, 0) is 52.2 Å². The third-order valence-corrected chi connectivity index (χ3v) is 5.77. The summed E-state index contributed by atoms with van der Waals surface area (Å²) in [5.74, 6) is 0.387. The molecule has 0 unspecified atom stereocenters. The maximum absolute atomic E-state index is 12.5. The van der Waals surface area contributed by atoms with Gasteiger partial charge in [-0.15, -0.1) is 11.3 Å². The first kappa shape index (κ1) is 17.0. The molecule has 0 spiro atoms. The van der Waals surface area contributed by atoms with E-state index in [1.54, 1.807) is 11.3 Å². The Morgan fingerprint density at radius 2 is 1.86 bits per heavy atom. The number of aryl methyl sites for hydroxylation is 2. The minimum atomic E-state index is 0.0586. The minimum absolute atomic E-state index is 0.0586. The molecule has 0 aromatic carbocycles. The molecule has 0 atom stereocenters. The van der Waals surface area contributed by atoms with E-state index in [0.717, 1.165) is 17.7 Å². The monoisotopic (exact) mass is 322 g/mol. The largest absolute Gasteiger partial charge is 0.343 e. The number of amides is 2. The van der Waals surface area contributed by atoms with E-state index in [0.29, 0.717) is 13.1 Å². The van der Waals surface area contributed by atoms with Crippen LogP contribution in [0.2, 0.25) is 0 Å². The summed E-state index contributed by atoms with van der Waals surface area (Å²) >= 11 is 1.57. The maximum atomic E-state index is 12.5. The first-order chi connectivity index (χ1) is 10.3.